The lowest BCUT2D eigenvalue weighted by atomic mass is 9.95. The number of nitrogens with one attached hydrogen (secondary N) is 1. The third-order valence-corrected chi connectivity index (χ3v) is 6.48. The van der Waals surface area contributed by atoms with Crippen LogP contribution in [0, 0.1) is 11.7 Å². The van der Waals surface area contributed by atoms with Crippen molar-refractivity contribution in [3.63, 3.8) is 0 Å². The molecule has 0 spiro atoms. The number of piperidine rings is 1. The van der Waals surface area contributed by atoms with Gasteiger partial charge in [0.15, 0.2) is 0 Å². The van der Waals surface area contributed by atoms with E-state index in [-0.39, 0.29) is 9.92 Å². The molecule has 0 saturated carbocycles. The van der Waals surface area contributed by atoms with Crippen LogP contribution in [0.4, 0.5) is 4.39 Å². The fraction of sp³-hybridized carbons (Fsp3) is 0.538. The summed E-state index contributed by atoms with van der Waals surface area (Å²) in [6, 6.07) is 3.85. The van der Waals surface area contributed by atoms with Gasteiger partial charge in [0.05, 0.1) is 5.02 Å². The van der Waals surface area contributed by atoms with E-state index in [0.717, 1.165) is 31.5 Å². The molecular formula is C13H16ClFN2O2S. The van der Waals surface area contributed by atoms with Crippen molar-refractivity contribution < 1.29 is 12.8 Å². The van der Waals surface area contributed by atoms with Crippen LogP contribution in [-0.2, 0) is 10.0 Å². The maximum absolute atomic E-state index is 13.3. The predicted molar refractivity (Wildman–Crippen MR) is 74.7 cm³/mol. The first-order valence-electron chi connectivity index (χ1n) is 6.67. The summed E-state index contributed by atoms with van der Waals surface area (Å²) < 4.78 is 39.9. The lowest BCUT2D eigenvalue weighted by Crippen LogP contribution is -2.46. The maximum atomic E-state index is 13.3. The van der Waals surface area contributed by atoms with Gasteiger partial charge in [0.25, 0.3) is 0 Å². The number of benzene rings is 1. The van der Waals surface area contributed by atoms with Gasteiger partial charge >= 0.3 is 0 Å². The molecule has 0 amide bonds. The monoisotopic (exact) mass is 318 g/mol. The Morgan fingerprint density at radius 3 is 2.95 bits per heavy atom. The molecule has 0 aromatic heterocycles. The minimum absolute atomic E-state index is 0.0677. The van der Waals surface area contributed by atoms with Crippen LogP contribution in [-0.4, -0.2) is 38.4 Å². The van der Waals surface area contributed by atoms with Gasteiger partial charge in [-0.1, -0.05) is 11.6 Å². The van der Waals surface area contributed by atoms with Gasteiger partial charge in [-0.05, 0) is 43.5 Å². The lowest BCUT2D eigenvalue weighted by Gasteiger charge is -2.34. The molecule has 2 fully saturated rings. The minimum atomic E-state index is -3.72. The van der Waals surface area contributed by atoms with Gasteiger partial charge < -0.3 is 5.32 Å². The molecule has 1 aromatic carbocycles. The Morgan fingerprint density at radius 2 is 2.15 bits per heavy atom. The van der Waals surface area contributed by atoms with Gasteiger partial charge in [0.1, 0.15) is 10.7 Å². The van der Waals surface area contributed by atoms with Gasteiger partial charge in [-0.2, -0.15) is 4.31 Å². The number of halogens is 2. The van der Waals surface area contributed by atoms with Gasteiger partial charge in [-0.25, -0.2) is 12.8 Å². The van der Waals surface area contributed by atoms with Gasteiger partial charge in [0, 0.05) is 19.1 Å². The van der Waals surface area contributed by atoms with E-state index in [9.17, 15) is 12.8 Å². The van der Waals surface area contributed by atoms with E-state index in [1.807, 2.05) is 0 Å². The van der Waals surface area contributed by atoms with Crippen LogP contribution in [0.15, 0.2) is 23.1 Å². The fourth-order valence-electron chi connectivity index (χ4n) is 3.05. The number of hydrogen-bond donors (Lipinski definition) is 1. The number of nitrogens with zero attached hydrogens (tertiary/aromatic N) is 1. The van der Waals surface area contributed by atoms with Crippen LogP contribution in [0.1, 0.15) is 12.8 Å². The molecule has 110 valence electrons. The molecule has 2 atom stereocenters. The van der Waals surface area contributed by atoms with Crippen molar-refractivity contribution in [3.8, 4) is 0 Å². The SMILES string of the molecule is O=S(=O)(c1cc(F)ccc1Cl)N1CCC2NCCC2C1. The van der Waals surface area contributed by atoms with Crippen molar-refractivity contribution in [3.05, 3.63) is 29.0 Å². The van der Waals surface area contributed by atoms with E-state index >= 15 is 0 Å². The molecular weight excluding hydrogens is 303 g/mol. The van der Waals surface area contributed by atoms with Crippen LogP contribution in [0.25, 0.3) is 0 Å². The molecule has 2 unspecified atom stereocenters. The maximum Gasteiger partial charge on any atom is 0.244 e. The molecule has 2 aliphatic rings. The third-order valence-electron chi connectivity index (χ3n) is 4.13. The molecule has 0 radical (unpaired) electrons. The minimum Gasteiger partial charge on any atom is -0.314 e. The zero-order valence-electron chi connectivity index (χ0n) is 10.9. The Morgan fingerprint density at radius 1 is 1.35 bits per heavy atom. The average molecular weight is 319 g/mol. The molecule has 0 aliphatic carbocycles. The third kappa shape index (κ3) is 2.45. The largest absolute Gasteiger partial charge is 0.314 e. The average Bonchev–Trinajstić information content (AvgIpc) is 2.88. The van der Waals surface area contributed by atoms with Crippen LogP contribution >= 0.6 is 11.6 Å². The van der Waals surface area contributed by atoms with Crippen LogP contribution in [0.5, 0.6) is 0 Å². The van der Waals surface area contributed by atoms with Gasteiger partial charge in [0.2, 0.25) is 10.0 Å². The highest BCUT2D eigenvalue weighted by molar-refractivity contribution is 7.89. The molecule has 20 heavy (non-hydrogen) atoms. The number of rotatable bonds is 2. The smallest absolute Gasteiger partial charge is 0.244 e. The summed E-state index contributed by atoms with van der Waals surface area (Å²) in [5.41, 5.74) is 0. The van der Waals surface area contributed by atoms with Crippen molar-refractivity contribution in [1.82, 2.24) is 9.62 Å². The highest BCUT2D eigenvalue weighted by Crippen LogP contribution is 2.31. The first kappa shape index (κ1) is 14.3. The van der Waals surface area contributed by atoms with Gasteiger partial charge in [-0.15, -0.1) is 0 Å². The molecule has 2 aliphatic heterocycles. The summed E-state index contributed by atoms with van der Waals surface area (Å²) in [4.78, 5) is -0.136. The number of sulfonamides is 1. The summed E-state index contributed by atoms with van der Waals surface area (Å²) in [7, 11) is -3.72. The van der Waals surface area contributed by atoms with E-state index in [1.54, 1.807) is 0 Å². The molecule has 2 saturated heterocycles. The van der Waals surface area contributed by atoms with E-state index < -0.39 is 15.8 Å². The fourth-order valence-corrected chi connectivity index (χ4v) is 5.04. The predicted octanol–water partition coefficient (Wildman–Crippen LogP) is 1.85. The highest BCUT2D eigenvalue weighted by Gasteiger charge is 2.38. The summed E-state index contributed by atoms with van der Waals surface area (Å²) in [5, 5.41) is 3.45. The molecule has 1 N–H and O–H groups in total. The Labute approximate surface area is 123 Å². The Balaban J connectivity index is 1.90. The molecule has 4 nitrogen and oxygen atoms in total. The second-order valence-corrected chi connectivity index (χ2v) is 7.65. The van der Waals surface area contributed by atoms with Crippen molar-refractivity contribution in [2.24, 2.45) is 5.92 Å². The number of hydrogen-bond acceptors (Lipinski definition) is 3. The Bertz CT molecular complexity index is 623. The normalized spacial score (nSPS) is 27.5. The van der Waals surface area contributed by atoms with E-state index in [1.165, 1.54) is 10.4 Å². The summed E-state index contributed by atoms with van der Waals surface area (Å²) >= 11 is 5.93. The van der Waals surface area contributed by atoms with E-state index in [4.69, 9.17) is 11.6 Å². The zero-order valence-corrected chi connectivity index (χ0v) is 12.4. The van der Waals surface area contributed by atoms with E-state index in [2.05, 4.69) is 5.32 Å². The van der Waals surface area contributed by atoms with Crippen LogP contribution < -0.4 is 5.32 Å². The standard InChI is InChI=1S/C13H16ClFN2O2S/c14-11-2-1-10(15)7-13(11)20(18,19)17-6-4-12-9(8-17)3-5-16-12/h1-2,7,9,12,16H,3-6,8H2. The molecule has 7 heteroatoms. The first-order chi connectivity index (χ1) is 9.48. The van der Waals surface area contributed by atoms with Crippen LogP contribution in [0.2, 0.25) is 5.02 Å². The van der Waals surface area contributed by atoms with Crippen molar-refractivity contribution in [1.29, 1.82) is 0 Å². The molecule has 2 heterocycles. The summed E-state index contributed by atoms with van der Waals surface area (Å²) in [6.45, 7) is 1.86. The summed E-state index contributed by atoms with van der Waals surface area (Å²) in [5.74, 6) is -0.253. The number of fused-ring (bicyclic) bond motifs is 1. The second kappa shape index (κ2) is 5.26. The zero-order chi connectivity index (χ0) is 14.3. The van der Waals surface area contributed by atoms with Crippen LogP contribution in [0.3, 0.4) is 0 Å². The molecule has 1 aromatic rings. The highest BCUT2D eigenvalue weighted by atomic mass is 35.5. The van der Waals surface area contributed by atoms with Crippen molar-refractivity contribution in [2.75, 3.05) is 19.6 Å². The Kier molecular flexibility index (Phi) is 3.75. The quantitative estimate of drug-likeness (QED) is 0.905. The van der Waals surface area contributed by atoms with Crippen molar-refractivity contribution in [2.45, 2.75) is 23.8 Å². The molecule has 3 rings (SSSR count). The second-order valence-electron chi connectivity index (χ2n) is 5.34. The topological polar surface area (TPSA) is 49.4 Å². The lowest BCUT2D eigenvalue weighted by molar-refractivity contribution is 0.247. The van der Waals surface area contributed by atoms with E-state index in [0.29, 0.717) is 25.0 Å². The van der Waals surface area contributed by atoms with Crippen molar-refractivity contribution >= 4 is 21.6 Å². The summed E-state index contributed by atoms with van der Waals surface area (Å²) in [6.07, 6.45) is 1.77. The molecule has 0 bridgehead atoms. The van der Waals surface area contributed by atoms with Gasteiger partial charge in [-0.3, -0.25) is 0 Å². The first-order valence-corrected chi connectivity index (χ1v) is 8.49. The Hall–Kier alpha value is -0.690.